The number of hydrogen-bond donors (Lipinski definition) is 1. The Kier molecular flexibility index (Phi) is 5.29. The molecular formula is C15H13Br2F2N. The summed E-state index contributed by atoms with van der Waals surface area (Å²) in [7, 11) is 0. The molecule has 0 aliphatic rings. The van der Waals surface area contributed by atoms with Gasteiger partial charge in [-0.15, -0.1) is 0 Å². The second-order valence-electron chi connectivity index (χ2n) is 4.27. The fourth-order valence-electron chi connectivity index (χ4n) is 2.10. The molecule has 1 nitrogen and oxygen atoms in total. The maximum Gasteiger partial charge on any atom is 0.142 e. The van der Waals surface area contributed by atoms with Crippen LogP contribution >= 0.6 is 31.9 Å². The normalized spacial score (nSPS) is 12.4. The highest BCUT2D eigenvalue weighted by molar-refractivity contribution is 9.10. The molecule has 1 N–H and O–H groups in total. The van der Waals surface area contributed by atoms with Crippen LogP contribution in [0.25, 0.3) is 0 Å². The number of halogens is 4. The van der Waals surface area contributed by atoms with E-state index in [0.717, 1.165) is 0 Å². The predicted octanol–water partition coefficient (Wildman–Crippen LogP) is 5.19. The summed E-state index contributed by atoms with van der Waals surface area (Å²) in [5, 5.41) is 3.13. The number of nitrogens with one attached hydrogen (secondary N) is 1. The molecule has 2 aromatic rings. The van der Waals surface area contributed by atoms with Gasteiger partial charge >= 0.3 is 0 Å². The molecule has 0 radical (unpaired) electrons. The van der Waals surface area contributed by atoms with Crippen molar-refractivity contribution in [3.05, 3.63) is 68.1 Å². The highest BCUT2D eigenvalue weighted by atomic mass is 79.9. The molecule has 0 aliphatic carbocycles. The summed E-state index contributed by atoms with van der Waals surface area (Å²) >= 11 is 6.51. The second kappa shape index (κ2) is 6.78. The molecule has 0 saturated heterocycles. The maximum atomic E-state index is 14.3. The van der Waals surface area contributed by atoms with E-state index < -0.39 is 6.04 Å². The smallest absolute Gasteiger partial charge is 0.142 e. The van der Waals surface area contributed by atoms with Crippen LogP contribution in [0.3, 0.4) is 0 Å². The second-order valence-corrected chi connectivity index (χ2v) is 5.98. The molecule has 0 heterocycles. The van der Waals surface area contributed by atoms with Crippen LogP contribution in [-0.4, -0.2) is 6.54 Å². The Labute approximate surface area is 133 Å². The van der Waals surface area contributed by atoms with Gasteiger partial charge < -0.3 is 5.32 Å². The maximum absolute atomic E-state index is 14.3. The molecule has 0 amide bonds. The Morgan fingerprint density at radius 2 is 1.70 bits per heavy atom. The van der Waals surface area contributed by atoms with Crippen LogP contribution in [0.4, 0.5) is 8.78 Å². The minimum atomic E-state index is -0.548. The molecule has 106 valence electrons. The molecule has 0 saturated carbocycles. The van der Waals surface area contributed by atoms with E-state index in [9.17, 15) is 8.78 Å². The molecule has 5 heteroatoms. The molecule has 0 fully saturated rings. The molecule has 20 heavy (non-hydrogen) atoms. The van der Waals surface area contributed by atoms with Gasteiger partial charge in [-0.3, -0.25) is 0 Å². The summed E-state index contributed by atoms with van der Waals surface area (Å²) in [6.07, 6.45) is 0. The van der Waals surface area contributed by atoms with Crippen LogP contribution in [-0.2, 0) is 0 Å². The molecule has 1 atom stereocenters. The lowest BCUT2D eigenvalue weighted by atomic mass is 9.97. The highest BCUT2D eigenvalue weighted by Crippen LogP contribution is 2.33. The first-order chi connectivity index (χ1) is 9.56. The topological polar surface area (TPSA) is 12.0 Å². The molecule has 2 aromatic carbocycles. The van der Waals surface area contributed by atoms with Gasteiger partial charge in [-0.1, -0.05) is 41.1 Å². The fourth-order valence-corrected chi connectivity index (χ4v) is 3.05. The largest absolute Gasteiger partial charge is 0.306 e. The first kappa shape index (κ1) is 15.6. The van der Waals surface area contributed by atoms with Crippen molar-refractivity contribution in [1.29, 1.82) is 0 Å². The van der Waals surface area contributed by atoms with Crippen molar-refractivity contribution < 1.29 is 8.78 Å². The number of rotatable bonds is 4. The third-order valence-electron chi connectivity index (χ3n) is 2.99. The van der Waals surface area contributed by atoms with Crippen LogP contribution in [0.1, 0.15) is 24.1 Å². The van der Waals surface area contributed by atoms with Gasteiger partial charge in [0.05, 0.1) is 10.5 Å². The van der Waals surface area contributed by atoms with Gasteiger partial charge in [0.2, 0.25) is 0 Å². The highest BCUT2D eigenvalue weighted by Gasteiger charge is 2.23. The molecular weight excluding hydrogens is 392 g/mol. The molecule has 1 unspecified atom stereocenters. The van der Waals surface area contributed by atoms with Crippen LogP contribution in [0.5, 0.6) is 0 Å². The standard InChI is InChI=1S/C15H13Br2F2N/c1-2-20-15(9-5-3-7-11(17)14(9)19)13-10(16)6-4-8-12(13)18/h3-8,15,20H,2H2,1H3. The zero-order valence-electron chi connectivity index (χ0n) is 10.8. The van der Waals surface area contributed by atoms with E-state index in [1.54, 1.807) is 30.3 Å². The van der Waals surface area contributed by atoms with Gasteiger partial charge in [-0.05, 0) is 40.7 Å². The summed E-state index contributed by atoms with van der Waals surface area (Å²) in [6.45, 7) is 2.50. The summed E-state index contributed by atoms with van der Waals surface area (Å²) < 4.78 is 29.4. The van der Waals surface area contributed by atoms with Crippen LogP contribution in [0, 0.1) is 11.6 Å². The fraction of sp³-hybridized carbons (Fsp3) is 0.200. The molecule has 0 aliphatic heterocycles. The van der Waals surface area contributed by atoms with Crippen molar-refractivity contribution in [1.82, 2.24) is 5.32 Å². The van der Waals surface area contributed by atoms with Crippen molar-refractivity contribution in [2.45, 2.75) is 13.0 Å². The molecule has 2 rings (SSSR count). The van der Waals surface area contributed by atoms with Crippen molar-refractivity contribution in [3.8, 4) is 0 Å². The summed E-state index contributed by atoms with van der Waals surface area (Å²) in [5.74, 6) is -0.752. The minimum absolute atomic E-state index is 0.366. The number of hydrogen-bond acceptors (Lipinski definition) is 1. The van der Waals surface area contributed by atoms with Gasteiger partial charge in [0, 0.05) is 15.6 Å². The zero-order chi connectivity index (χ0) is 14.7. The van der Waals surface area contributed by atoms with E-state index in [4.69, 9.17) is 0 Å². The molecule has 0 bridgehead atoms. The first-order valence-electron chi connectivity index (χ1n) is 6.17. The summed E-state index contributed by atoms with van der Waals surface area (Å²) in [6, 6.07) is 9.21. The van der Waals surface area contributed by atoms with E-state index >= 15 is 0 Å². The van der Waals surface area contributed by atoms with Crippen LogP contribution < -0.4 is 5.32 Å². The van der Waals surface area contributed by atoms with Gasteiger partial charge in [0.25, 0.3) is 0 Å². The third-order valence-corrected chi connectivity index (χ3v) is 4.29. The lowest BCUT2D eigenvalue weighted by molar-refractivity contribution is 0.526. The SMILES string of the molecule is CCNC(c1cccc(Br)c1F)c1c(F)cccc1Br. The van der Waals surface area contributed by atoms with E-state index in [1.165, 1.54) is 6.07 Å². The van der Waals surface area contributed by atoms with Crippen molar-refractivity contribution >= 4 is 31.9 Å². The number of benzene rings is 2. The van der Waals surface area contributed by atoms with Gasteiger partial charge in [-0.2, -0.15) is 0 Å². The van der Waals surface area contributed by atoms with Crippen LogP contribution in [0.15, 0.2) is 45.3 Å². The first-order valence-corrected chi connectivity index (χ1v) is 7.76. The van der Waals surface area contributed by atoms with Crippen molar-refractivity contribution in [2.24, 2.45) is 0 Å². The van der Waals surface area contributed by atoms with Gasteiger partial charge in [0.1, 0.15) is 11.6 Å². The Morgan fingerprint density at radius 1 is 1.05 bits per heavy atom. The summed E-state index contributed by atoms with van der Waals surface area (Å²) in [5.41, 5.74) is 0.818. The van der Waals surface area contributed by atoms with Crippen molar-refractivity contribution in [3.63, 3.8) is 0 Å². The minimum Gasteiger partial charge on any atom is -0.306 e. The Bertz CT molecular complexity index is 597. The van der Waals surface area contributed by atoms with E-state index in [0.29, 0.717) is 26.6 Å². The van der Waals surface area contributed by atoms with E-state index in [2.05, 4.69) is 37.2 Å². The van der Waals surface area contributed by atoms with Crippen LogP contribution in [0.2, 0.25) is 0 Å². The monoisotopic (exact) mass is 403 g/mol. The van der Waals surface area contributed by atoms with E-state index in [1.807, 2.05) is 6.92 Å². The quantitative estimate of drug-likeness (QED) is 0.739. The Morgan fingerprint density at radius 3 is 2.35 bits per heavy atom. The average molecular weight is 405 g/mol. The molecule has 0 spiro atoms. The van der Waals surface area contributed by atoms with Crippen molar-refractivity contribution in [2.75, 3.05) is 6.54 Å². The molecule has 0 aromatic heterocycles. The zero-order valence-corrected chi connectivity index (χ0v) is 13.9. The Hall–Kier alpha value is -0.780. The average Bonchev–Trinajstić information content (AvgIpc) is 2.41. The summed E-state index contributed by atoms with van der Waals surface area (Å²) in [4.78, 5) is 0. The lowest BCUT2D eigenvalue weighted by Gasteiger charge is -2.21. The Balaban J connectivity index is 2.60. The van der Waals surface area contributed by atoms with Gasteiger partial charge in [-0.25, -0.2) is 8.78 Å². The third kappa shape index (κ3) is 3.10. The van der Waals surface area contributed by atoms with Gasteiger partial charge in [0.15, 0.2) is 0 Å². The predicted molar refractivity (Wildman–Crippen MR) is 83.7 cm³/mol. The van der Waals surface area contributed by atoms with E-state index in [-0.39, 0.29) is 11.6 Å². The lowest BCUT2D eigenvalue weighted by Crippen LogP contribution is -2.24.